The van der Waals surface area contributed by atoms with Crippen LogP contribution in [0.1, 0.15) is 35.6 Å². The van der Waals surface area contributed by atoms with Crippen LogP contribution in [0.3, 0.4) is 0 Å². The number of phenols is 1. The first-order valence-electron chi connectivity index (χ1n) is 11.5. The Morgan fingerprint density at radius 2 is 1.13 bits per heavy atom. The maximum atomic E-state index is 11.3. The van der Waals surface area contributed by atoms with Gasteiger partial charge in [-0.15, -0.1) is 0 Å². The molecule has 1 aliphatic rings. The number of phenolic OH excluding ortho intramolecular Hbond substituents is 1. The average Bonchev–Trinajstić information content (AvgIpc) is 2.78. The van der Waals surface area contributed by atoms with Crippen molar-refractivity contribution in [2.75, 3.05) is 39.3 Å². The van der Waals surface area contributed by atoms with Crippen molar-refractivity contribution in [3.8, 4) is 11.5 Å². The summed E-state index contributed by atoms with van der Waals surface area (Å²) in [5, 5.41) is 53.7. The predicted molar refractivity (Wildman–Crippen MR) is 131 cm³/mol. The molecule has 0 bridgehead atoms. The molecule has 0 aliphatic carbocycles. The van der Waals surface area contributed by atoms with Gasteiger partial charge in [0.2, 0.25) is 5.60 Å². The molecular weight excluding hydrogens is 508 g/mol. The largest absolute Gasteiger partial charge is 0.507 e. The molecule has 14 nitrogen and oxygen atoms in total. The molecular formula is C24H34N2O12. The number of benzene rings is 1. The highest BCUT2D eigenvalue weighted by Gasteiger charge is 2.40. The number of nitrogens with zero attached hydrogens (tertiary/aromatic N) is 2. The molecule has 14 heteroatoms. The Bertz CT molecular complexity index is 1020. The summed E-state index contributed by atoms with van der Waals surface area (Å²) < 4.78 is 5.72. The minimum Gasteiger partial charge on any atom is -0.507 e. The monoisotopic (exact) mass is 542 g/mol. The molecule has 1 atom stereocenters. The number of hydrogen-bond acceptors (Lipinski definition) is 9. The van der Waals surface area contributed by atoms with Crippen LogP contribution in [-0.2, 0) is 30.4 Å². The Hall–Kier alpha value is -3.91. The number of aromatic hydroxyl groups is 1. The fourth-order valence-corrected chi connectivity index (χ4v) is 3.87. The lowest BCUT2D eigenvalue weighted by Gasteiger charge is -2.34. The van der Waals surface area contributed by atoms with E-state index in [1.807, 2.05) is 20.8 Å². The van der Waals surface area contributed by atoms with E-state index in [0.717, 1.165) is 32.1 Å². The molecule has 0 amide bonds. The summed E-state index contributed by atoms with van der Waals surface area (Å²) in [5.41, 5.74) is 2.11. The molecule has 6 N–H and O–H groups in total. The van der Waals surface area contributed by atoms with E-state index in [1.54, 1.807) is 6.92 Å². The average molecular weight is 543 g/mol. The number of fused-ring (bicyclic) bond motifs is 1. The van der Waals surface area contributed by atoms with Gasteiger partial charge in [0.25, 0.3) is 0 Å². The van der Waals surface area contributed by atoms with Gasteiger partial charge in [-0.2, -0.15) is 0 Å². The normalized spacial score (nSPS) is 16.2. The quantitative estimate of drug-likeness (QED) is 0.211. The van der Waals surface area contributed by atoms with Crippen LogP contribution >= 0.6 is 0 Å². The minimum atomic E-state index is -1.23. The first-order chi connectivity index (χ1) is 17.5. The smallest absolute Gasteiger partial charge is 0.347 e. The van der Waals surface area contributed by atoms with Crippen molar-refractivity contribution < 1.29 is 59.3 Å². The first-order valence-corrected chi connectivity index (χ1v) is 11.5. The lowest BCUT2D eigenvalue weighted by atomic mass is 9.87. The van der Waals surface area contributed by atoms with Gasteiger partial charge in [0.1, 0.15) is 11.5 Å². The molecule has 1 heterocycles. The van der Waals surface area contributed by atoms with E-state index in [1.165, 1.54) is 0 Å². The highest BCUT2D eigenvalue weighted by atomic mass is 16.5. The highest BCUT2D eigenvalue weighted by molar-refractivity contribution is 5.78. The molecule has 1 aromatic rings. The highest BCUT2D eigenvalue weighted by Crippen LogP contribution is 2.43. The number of rotatable bonds is 12. The zero-order chi connectivity index (χ0) is 29.4. The van der Waals surface area contributed by atoms with Crippen LogP contribution in [0, 0.1) is 20.8 Å². The van der Waals surface area contributed by atoms with Crippen LogP contribution in [-0.4, -0.2) is 115 Å². The van der Waals surface area contributed by atoms with Crippen LogP contribution in [0.15, 0.2) is 0 Å². The predicted octanol–water partition coefficient (Wildman–Crippen LogP) is 0.415. The van der Waals surface area contributed by atoms with E-state index in [-0.39, 0.29) is 18.8 Å². The molecule has 2 rings (SSSR count). The molecule has 212 valence electrons. The molecule has 1 unspecified atom stereocenters. The second kappa shape index (κ2) is 13.6. The van der Waals surface area contributed by atoms with Crippen LogP contribution in [0.2, 0.25) is 0 Å². The van der Waals surface area contributed by atoms with Crippen LogP contribution in [0.25, 0.3) is 0 Å². The van der Waals surface area contributed by atoms with Crippen molar-refractivity contribution in [3.63, 3.8) is 0 Å². The van der Waals surface area contributed by atoms with Gasteiger partial charge < -0.3 is 35.4 Å². The van der Waals surface area contributed by atoms with Gasteiger partial charge in [0, 0.05) is 25.1 Å². The van der Waals surface area contributed by atoms with E-state index < -0.39 is 61.6 Å². The molecule has 0 spiro atoms. The van der Waals surface area contributed by atoms with Crippen LogP contribution in [0.5, 0.6) is 11.5 Å². The van der Waals surface area contributed by atoms with E-state index in [2.05, 4.69) is 0 Å². The number of ether oxygens (including phenoxy) is 1. The number of carboxylic acids is 5. The lowest BCUT2D eigenvalue weighted by Crippen LogP contribution is -2.44. The second-order valence-electron chi connectivity index (χ2n) is 9.17. The first kappa shape index (κ1) is 32.1. The number of hydrogen-bond donors (Lipinski definition) is 6. The van der Waals surface area contributed by atoms with Crippen molar-refractivity contribution in [2.24, 2.45) is 0 Å². The maximum Gasteiger partial charge on any atom is 0.347 e. The third-order valence-corrected chi connectivity index (χ3v) is 6.14. The molecule has 0 aromatic heterocycles. The summed E-state index contributed by atoms with van der Waals surface area (Å²) in [7, 11) is 0. The summed E-state index contributed by atoms with van der Waals surface area (Å²) in [6.07, 6.45) is 1.02. The SMILES string of the molecule is Cc1c(C)c2c(c(C)c1O)CCC(C)(C(=O)O)O2.O=C(O)CN(CCN(CC(=O)O)CC(=O)O)CC(=O)O. The fraction of sp³-hybridized carbons (Fsp3) is 0.542. The minimum absolute atomic E-state index is 0.0703. The van der Waals surface area contributed by atoms with Crippen molar-refractivity contribution in [2.45, 2.75) is 46.1 Å². The number of carbonyl (C=O) groups is 5. The third kappa shape index (κ3) is 9.19. The van der Waals surface area contributed by atoms with Gasteiger partial charge in [-0.05, 0) is 50.8 Å². The summed E-state index contributed by atoms with van der Waals surface area (Å²) in [6, 6.07) is 0. The Labute approximate surface area is 218 Å². The number of aliphatic carboxylic acids is 5. The zero-order valence-corrected chi connectivity index (χ0v) is 21.7. The van der Waals surface area contributed by atoms with Crippen molar-refractivity contribution >= 4 is 29.8 Å². The van der Waals surface area contributed by atoms with Gasteiger partial charge in [0.05, 0.1) is 26.2 Å². The van der Waals surface area contributed by atoms with E-state index in [9.17, 15) is 34.2 Å². The fourth-order valence-electron chi connectivity index (χ4n) is 3.87. The third-order valence-electron chi connectivity index (χ3n) is 6.14. The number of carboxylic acid groups (broad SMARTS) is 5. The second-order valence-corrected chi connectivity index (χ2v) is 9.17. The summed E-state index contributed by atoms with van der Waals surface area (Å²) in [6.45, 7) is 4.84. The van der Waals surface area contributed by atoms with E-state index in [0.29, 0.717) is 18.6 Å². The van der Waals surface area contributed by atoms with Crippen molar-refractivity contribution in [1.29, 1.82) is 0 Å². The van der Waals surface area contributed by atoms with Gasteiger partial charge in [-0.1, -0.05) is 0 Å². The Morgan fingerprint density at radius 3 is 1.47 bits per heavy atom. The summed E-state index contributed by atoms with van der Waals surface area (Å²) in [4.78, 5) is 55.6. The van der Waals surface area contributed by atoms with Crippen molar-refractivity contribution in [3.05, 3.63) is 22.3 Å². The van der Waals surface area contributed by atoms with E-state index in [4.69, 9.17) is 25.2 Å². The molecule has 0 saturated heterocycles. The van der Waals surface area contributed by atoms with Crippen LogP contribution in [0.4, 0.5) is 0 Å². The topological polar surface area (TPSA) is 222 Å². The molecule has 1 aromatic carbocycles. The molecule has 1 aliphatic heterocycles. The van der Waals surface area contributed by atoms with Gasteiger partial charge in [-0.25, -0.2) is 4.79 Å². The summed E-state index contributed by atoms with van der Waals surface area (Å²) in [5.74, 6) is -4.95. The van der Waals surface area contributed by atoms with Gasteiger partial charge >= 0.3 is 29.8 Å². The molecule has 38 heavy (non-hydrogen) atoms. The Balaban J connectivity index is 0.000000381. The van der Waals surface area contributed by atoms with Gasteiger partial charge in [0.15, 0.2) is 0 Å². The molecule has 0 radical (unpaired) electrons. The zero-order valence-electron chi connectivity index (χ0n) is 21.7. The van der Waals surface area contributed by atoms with E-state index >= 15 is 0 Å². The maximum absolute atomic E-state index is 11.3. The lowest BCUT2D eigenvalue weighted by molar-refractivity contribution is -0.155. The van der Waals surface area contributed by atoms with Crippen molar-refractivity contribution in [1.82, 2.24) is 9.80 Å². The van der Waals surface area contributed by atoms with Gasteiger partial charge in [-0.3, -0.25) is 29.0 Å². The Morgan fingerprint density at radius 1 is 0.737 bits per heavy atom. The van der Waals surface area contributed by atoms with Crippen LogP contribution < -0.4 is 4.74 Å². The summed E-state index contributed by atoms with van der Waals surface area (Å²) >= 11 is 0. The Kier molecular flexibility index (Phi) is 11.5. The molecule has 0 fully saturated rings. The molecule has 0 saturated carbocycles. The standard InChI is InChI=1S/C14H18O4.C10H16N2O8/c1-7-8(2)12-10(9(3)11(7)15)5-6-14(4,18-12)13(16)17;13-7(14)3-11(4-8(15)16)1-2-12(5-9(17)18)6-10(19)20/h15H,5-6H2,1-4H3,(H,16,17);1-6H2,(H,13,14)(H,15,16)(H,17,18)(H,19,20).